The summed E-state index contributed by atoms with van der Waals surface area (Å²) < 4.78 is 58.2. The molecule has 0 aliphatic heterocycles. The van der Waals surface area contributed by atoms with Crippen molar-refractivity contribution in [1.29, 1.82) is 0 Å². The van der Waals surface area contributed by atoms with Crippen molar-refractivity contribution < 1.29 is 88.7 Å². The minimum absolute atomic E-state index is 0. The molecule has 0 amide bonds. The molecule has 0 saturated carbocycles. The maximum absolute atomic E-state index is 9.29. The van der Waals surface area contributed by atoms with E-state index in [-0.39, 0.29) is 59.1 Å². The van der Waals surface area contributed by atoms with E-state index in [1.54, 1.807) is 0 Å². The molecule has 0 rings (SSSR count). The van der Waals surface area contributed by atoms with Crippen molar-refractivity contribution >= 4 is 33.4 Å². The van der Waals surface area contributed by atoms with Crippen LogP contribution in [0, 0.1) is 0 Å². The van der Waals surface area contributed by atoms with Gasteiger partial charge in [-0.2, -0.15) is 16.3 Å². The van der Waals surface area contributed by atoms with E-state index in [1.807, 2.05) is 0 Å². The van der Waals surface area contributed by atoms with Gasteiger partial charge in [-0.3, -0.25) is 0 Å². The van der Waals surface area contributed by atoms with Gasteiger partial charge in [0.25, 0.3) is 0 Å². The molecular formula is C18H38Na2O7S3. The smallest absolute Gasteiger partial charge is 0.725 e. The Morgan fingerprint density at radius 3 is 0.967 bits per heavy atom. The maximum atomic E-state index is 9.29. The van der Waals surface area contributed by atoms with Crippen LogP contribution < -0.4 is 59.1 Å². The van der Waals surface area contributed by atoms with Gasteiger partial charge in [-0.25, -0.2) is 16.8 Å². The first-order valence-corrected chi connectivity index (χ1v) is 13.7. The SMILES string of the molecule is CCCCCCCCCCCCCCCCCCS.O=S(=O)([O-])OS(=O)(=O)[O-].[Na+].[Na+]. The van der Waals surface area contributed by atoms with Gasteiger partial charge in [-0.15, -0.1) is 0 Å². The van der Waals surface area contributed by atoms with Crippen molar-refractivity contribution in [2.24, 2.45) is 0 Å². The fraction of sp³-hybridized carbons (Fsp3) is 1.00. The molecule has 0 saturated heterocycles. The quantitative estimate of drug-likeness (QED) is 0.0837. The molecule has 0 spiro atoms. The summed E-state index contributed by atoms with van der Waals surface area (Å²) in [4.78, 5) is 0. The monoisotopic (exact) mass is 508 g/mol. The van der Waals surface area contributed by atoms with Crippen LogP contribution in [0.15, 0.2) is 0 Å². The third-order valence-corrected chi connectivity index (χ3v) is 5.83. The van der Waals surface area contributed by atoms with Crippen LogP contribution in [0.1, 0.15) is 110 Å². The molecule has 7 nitrogen and oxygen atoms in total. The van der Waals surface area contributed by atoms with Gasteiger partial charge in [-0.1, -0.05) is 103 Å². The zero-order valence-electron chi connectivity index (χ0n) is 19.1. The Bertz CT molecular complexity index is 484. The van der Waals surface area contributed by atoms with Gasteiger partial charge in [0.1, 0.15) is 0 Å². The predicted octanol–water partition coefficient (Wildman–Crippen LogP) is -0.891. The first-order chi connectivity index (χ1) is 13.1. The molecule has 0 fully saturated rings. The Morgan fingerprint density at radius 1 is 0.567 bits per heavy atom. The van der Waals surface area contributed by atoms with Crippen molar-refractivity contribution in [2.75, 3.05) is 5.75 Å². The van der Waals surface area contributed by atoms with Crippen LogP contribution in [0.5, 0.6) is 0 Å². The van der Waals surface area contributed by atoms with Crippen LogP contribution in [0.4, 0.5) is 0 Å². The molecule has 0 radical (unpaired) electrons. The zero-order chi connectivity index (χ0) is 21.7. The average molecular weight is 509 g/mol. The number of hydrogen-bond acceptors (Lipinski definition) is 8. The van der Waals surface area contributed by atoms with Gasteiger partial charge in [0.05, 0.1) is 0 Å². The van der Waals surface area contributed by atoms with Crippen LogP contribution >= 0.6 is 12.6 Å². The second-order valence-electron chi connectivity index (χ2n) is 6.91. The van der Waals surface area contributed by atoms with Crippen LogP contribution in [0.25, 0.3) is 0 Å². The minimum Gasteiger partial charge on any atom is -0.725 e. The molecule has 0 heterocycles. The molecule has 0 aromatic carbocycles. The van der Waals surface area contributed by atoms with E-state index in [2.05, 4.69) is 23.2 Å². The Hall–Kier alpha value is 2.13. The Balaban J connectivity index is -0.000000262. The molecule has 172 valence electrons. The van der Waals surface area contributed by atoms with Crippen LogP contribution in [-0.2, 0) is 24.4 Å². The molecule has 0 atom stereocenters. The van der Waals surface area contributed by atoms with E-state index < -0.39 is 20.8 Å². The third-order valence-electron chi connectivity index (χ3n) is 4.18. The van der Waals surface area contributed by atoms with E-state index >= 15 is 0 Å². The van der Waals surface area contributed by atoms with Crippen molar-refractivity contribution in [3.63, 3.8) is 0 Å². The topological polar surface area (TPSA) is 124 Å². The summed E-state index contributed by atoms with van der Waals surface area (Å²) in [7, 11) is -10.9. The first-order valence-electron chi connectivity index (χ1n) is 10.4. The molecule has 0 aliphatic rings. The number of unbranched alkanes of at least 4 members (excludes halogenated alkanes) is 15. The first kappa shape index (κ1) is 39.3. The summed E-state index contributed by atoms with van der Waals surface area (Å²) in [5.74, 6) is 1.07. The average Bonchev–Trinajstić information content (AvgIpc) is 2.56. The summed E-state index contributed by atoms with van der Waals surface area (Å²) in [6.45, 7) is 2.29. The van der Waals surface area contributed by atoms with Crippen molar-refractivity contribution in [3.05, 3.63) is 0 Å². The van der Waals surface area contributed by atoms with E-state index in [4.69, 9.17) is 0 Å². The van der Waals surface area contributed by atoms with Gasteiger partial charge in [0, 0.05) is 0 Å². The van der Waals surface area contributed by atoms with Crippen LogP contribution in [-0.4, -0.2) is 31.7 Å². The van der Waals surface area contributed by atoms with Crippen molar-refractivity contribution in [1.82, 2.24) is 0 Å². The van der Waals surface area contributed by atoms with Gasteiger partial charge < -0.3 is 9.11 Å². The Kier molecular flexibility index (Phi) is 35.9. The van der Waals surface area contributed by atoms with E-state index in [0.29, 0.717) is 0 Å². The fourth-order valence-corrected chi connectivity index (χ4v) is 3.80. The van der Waals surface area contributed by atoms with Crippen molar-refractivity contribution in [3.8, 4) is 0 Å². The van der Waals surface area contributed by atoms with Gasteiger partial charge in [-0.05, 0) is 12.2 Å². The predicted molar refractivity (Wildman–Crippen MR) is 114 cm³/mol. The molecule has 0 aliphatic carbocycles. The molecule has 30 heavy (non-hydrogen) atoms. The van der Waals surface area contributed by atoms with E-state index in [9.17, 15) is 25.9 Å². The molecular weight excluding hydrogens is 470 g/mol. The van der Waals surface area contributed by atoms with Gasteiger partial charge >= 0.3 is 59.1 Å². The summed E-state index contributed by atoms with van der Waals surface area (Å²) in [5, 5.41) is 0. The Labute approximate surface area is 235 Å². The van der Waals surface area contributed by atoms with Gasteiger partial charge in [0.2, 0.25) is 20.8 Å². The molecule has 12 heteroatoms. The maximum Gasteiger partial charge on any atom is 1.00 e. The molecule has 0 unspecified atom stereocenters. The molecule has 0 aromatic heterocycles. The summed E-state index contributed by atoms with van der Waals surface area (Å²) in [6, 6.07) is 0. The standard InChI is InChI=1S/C18H38S.2Na.H2O7S2/c1-2-3-4-5-6-7-8-9-10-11-12-13-14-15-16-17-18-19;;;1-8(2,3)7-9(4,5)6/h19H,2-18H2,1H3;;;(H,1,2,3)(H,4,5,6)/q;2*+1;/p-2. The van der Waals surface area contributed by atoms with Crippen LogP contribution in [0.3, 0.4) is 0 Å². The van der Waals surface area contributed by atoms with Gasteiger partial charge in [0.15, 0.2) is 0 Å². The number of rotatable bonds is 18. The van der Waals surface area contributed by atoms with Crippen molar-refractivity contribution in [2.45, 2.75) is 110 Å². The summed E-state index contributed by atoms with van der Waals surface area (Å²) in [6.07, 6.45) is 23.1. The second kappa shape index (κ2) is 27.4. The molecule has 0 bridgehead atoms. The molecule has 0 aromatic rings. The largest absolute Gasteiger partial charge is 1.00 e. The summed E-state index contributed by atoms with van der Waals surface area (Å²) in [5.41, 5.74) is 0. The zero-order valence-corrected chi connectivity index (χ0v) is 25.7. The number of hydrogen-bond donors (Lipinski definition) is 1. The number of thiol groups is 1. The summed E-state index contributed by atoms with van der Waals surface area (Å²) >= 11 is 4.24. The normalized spacial score (nSPS) is 11.1. The van der Waals surface area contributed by atoms with E-state index in [0.717, 1.165) is 5.75 Å². The Morgan fingerprint density at radius 2 is 0.800 bits per heavy atom. The molecule has 0 N–H and O–H groups in total. The van der Waals surface area contributed by atoms with Crippen LogP contribution in [0.2, 0.25) is 0 Å². The second-order valence-corrected chi connectivity index (χ2v) is 9.54. The third kappa shape index (κ3) is 43.9. The fourth-order valence-electron chi connectivity index (χ4n) is 2.76. The van der Waals surface area contributed by atoms with E-state index in [1.165, 1.54) is 103 Å². The minimum atomic E-state index is -5.43.